The van der Waals surface area contributed by atoms with Crippen LogP contribution in [-0.2, 0) is 0 Å². The average molecular weight is 231 g/mol. The molecule has 0 saturated heterocycles. The van der Waals surface area contributed by atoms with Crippen molar-refractivity contribution in [1.29, 1.82) is 0 Å². The summed E-state index contributed by atoms with van der Waals surface area (Å²) in [6, 6.07) is 9.91. The number of nitrogens with one attached hydrogen (secondary N) is 1. The Morgan fingerprint density at radius 3 is 2.62 bits per heavy atom. The van der Waals surface area contributed by atoms with Crippen LogP contribution in [0, 0.1) is 6.92 Å². The molecule has 1 heterocycles. The lowest BCUT2D eigenvalue weighted by Crippen LogP contribution is -1.96. The third-order valence-corrected chi connectivity index (χ3v) is 3.20. The van der Waals surface area contributed by atoms with Crippen LogP contribution in [0.5, 0.6) is 0 Å². The van der Waals surface area contributed by atoms with Crippen LogP contribution in [0.1, 0.15) is 10.6 Å². The molecule has 0 radical (unpaired) electrons. The summed E-state index contributed by atoms with van der Waals surface area (Å²) in [7, 11) is 0. The molecule has 1 aromatic carbocycles. The molecule has 0 amide bonds. The Labute approximate surface area is 98.6 Å². The summed E-state index contributed by atoms with van der Waals surface area (Å²) < 4.78 is 0. The fourth-order valence-corrected chi connectivity index (χ4v) is 2.21. The van der Waals surface area contributed by atoms with Gasteiger partial charge in [0.15, 0.2) is 5.13 Å². The molecule has 2 aromatic rings. The molecule has 0 saturated carbocycles. The van der Waals surface area contributed by atoms with E-state index in [4.69, 9.17) is 5.73 Å². The highest BCUT2D eigenvalue weighted by Crippen LogP contribution is 2.27. The highest BCUT2D eigenvalue weighted by molar-refractivity contribution is 7.16. The third-order valence-electron chi connectivity index (χ3n) is 2.16. The quantitative estimate of drug-likeness (QED) is 0.853. The SMILES string of the molecule is C=C(Nc1ccccc1)c1sc(N)nc1C. The summed E-state index contributed by atoms with van der Waals surface area (Å²) in [6.45, 7) is 5.93. The van der Waals surface area contributed by atoms with Crippen molar-refractivity contribution >= 4 is 27.9 Å². The van der Waals surface area contributed by atoms with Crippen LogP contribution in [0.15, 0.2) is 36.9 Å². The Hall–Kier alpha value is -1.81. The fraction of sp³-hybridized carbons (Fsp3) is 0.0833. The first-order valence-corrected chi connectivity index (χ1v) is 5.72. The second-order valence-electron chi connectivity index (χ2n) is 3.44. The van der Waals surface area contributed by atoms with Crippen molar-refractivity contribution in [2.24, 2.45) is 0 Å². The van der Waals surface area contributed by atoms with Gasteiger partial charge in [-0.2, -0.15) is 0 Å². The largest absolute Gasteiger partial charge is 0.375 e. The minimum Gasteiger partial charge on any atom is -0.375 e. The Balaban J connectivity index is 2.18. The van der Waals surface area contributed by atoms with Gasteiger partial charge in [-0.05, 0) is 19.1 Å². The van der Waals surface area contributed by atoms with Crippen LogP contribution in [0.25, 0.3) is 5.70 Å². The highest BCUT2D eigenvalue weighted by atomic mass is 32.1. The van der Waals surface area contributed by atoms with E-state index in [-0.39, 0.29) is 0 Å². The monoisotopic (exact) mass is 231 g/mol. The van der Waals surface area contributed by atoms with Gasteiger partial charge in [0.1, 0.15) is 0 Å². The van der Waals surface area contributed by atoms with E-state index in [9.17, 15) is 0 Å². The average Bonchev–Trinajstić information content (AvgIpc) is 2.59. The van der Waals surface area contributed by atoms with E-state index in [1.165, 1.54) is 11.3 Å². The lowest BCUT2D eigenvalue weighted by atomic mass is 10.3. The number of nitrogens with two attached hydrogens (primary N) is 1. The first-order chi connectivity index (χ1) is 7.66. The highest BCUT2D eigenvalue weighted by Gasteiger charge is 2.08. The van der Waals surface area contributed by atoms with Gasteiger partial charge >= 0.3 is 0 Å². The smallest absolute Gasteiger partial charge is 0.180 e. The fourth-order valence-electron chi connectivity index (χ4n) is 1.45. The van der Waals surface area contributed by atoms with E-state index >= 15 is 0 Å². The summed E-state index contributed by atoms with van der Waals surface area (Å²) in [4.78, 5) is 5.17. The van der Waals surface area contributed by atoms with E-state index in [2.05, 4.69) is 16.9 Å². The molecular formula is C12H13N3S. The number of nitrogen functional groups attached to an aromatic ring is 1. The zero-order chi connectivity index (χ0) is 11.5. The van der Waals surface area contributed by atoms with Gasteiger partial charge in [0, 0.05) is 5.69 Å². The summed E-state index contributed by atoms with van der Waals surface area (Å²) in [5.41, 5.74) is 8.41. The summed E-state index contributed by atoms with van der Waals surface area (Å²) in [5.74, 6) is 0. The maximum atomic E-state index is 5.65. The number of hydrogen-bond acceptors (Lipinski definition) is 4. The summed E-state index contributed by atoms with van der Waals surface area (Å²) in [5, 5.41) is 3.81. The van der Waals surface area contributed by atoms with Gasteiger partial charge < -0.3 is 11.1 Å². The molecule has 2 rings (SSSR count). The Morgan fingerprint density at radius 1 is 1.38 bits per heavy atom. The van der Waals surface area contributed by atoms with Gasteiger partial charge in [0.2, 0.25) is 0 Å². The van der Waals surface area contributed by atoms with Crippen LogP contribution >= 0.6 is 11.3 Å². The topological polar surface area (TPSA) is 50.9 Å². The molecule has 0 aliphatic heterocycles. The number of anilines is 2. The van der Waals surface area contributed by atoms with E-state index in [1.807, 2.05) is 37.3 Å². The van der Waals surface area contributed by atoms with Crippen LogP contribution in [0.4, 0.5) is 10.8 Å². The van der Waals surface area contributed by atoms with Crippen molar-refractivity contribution in [2.45, 2.75) is 6.92 Å². The first-order valence-electron chi connectivity index (χ1n) is 4.91. The maximum Gasteiger partial charge on any atom is 0.180 e. The Bertz CT molecular complexity index is 502. The summed E-state index contributed by atoms with van der Waals surface area (Å²) >= 11 is 1.45. The third kappa shape index (κ3) is 2.23. The molecular weight excluding hydrogens is 218 g/mol. The minimum atomic E-state index is 0.573. The molecule has 0 atom stereocenters. The standard InChI is InChI=1S/C12H13N3S/c1-8(11-9(2)15-12(13)16-11)14-10-6-4-3-5-7-10/h3-7,14H,1H2,2H3,(H2,13,15). The summed E-state index contributed by atoms with van der Waals surface area (Å²) in [6.07, 6.45) is 0. The molecule has 0 bridgehead atoms. The number of hydrogen-bond donors (Lipinski definition) is 2. The first kappa shape index (κ1) is 10.7. The molecule has 4 heteroatoms. The van der Waals surface area contributed by atoms with Gasteiger partial charge in [0.25, 0.3) is 0 Å². The van der Waals surface area contributed by atoms with Crippen molar-refractivity contribution in [3.8, 4) is 0 Å². The second kappa shape index (κ2) is 4.37. The number of aromatic nitrogens is 1. The number of rotatable bonds is 3. The molecule has 0 unspecified atom stereocenters. The van der Waals surface area contributed by atoms with Gasteiger partial charge in [-0.3, -0.25) is 0 Å². The van der Waals surface area contributed by atoms with Crippen molar-refractivity contribution in [3.63, 3.8) is 0 Å². The van der Waals surface area contributed by atoms with Crippen molar-refractivity contribution in [2.75, 3.05) is 11.1 Å². The second-order valence-corrected chi connectivity index (χ2v) is 4.47. The predicted octanol–water partition coefficient (Wildman–Crippen LogP) is 3.12. The Kier molecular flexibility index (Phi) is 2.92. The van der Waals surface area contributed by atoms with Gasteiger partial charge in [0.05, 0.1) is 16.3 Å². The van der Waals surface area contributed by atoms with Gasteiger partial charge in [-0.25, -0.2) is 4.98 Å². The van der Waals surface area contributed by atoms with Crippen LogP contribution in [0.2, 0.25) is 0 Å². The van der Waals surface area contributed by atoms with Gasteiger partial charge in [-0.15, -0.1) is 0 Å². The van der Waals surface area contributed by atoms with E-state index in [0.717, 1.165) is 22.0 Å². The van der Waals surface area contributed by atoms with Crippen LogP contribution in [-0.4, -0.2) is 4.98 Å². The molecule has 0 fully saturated rings. The number of thiazole rings is 1. The lowest BCUT2D eigenvalue weighted by molar-refractivity contribution is 1.26. The molecule has 0 spiro atoms. The molecule has 82 valence electrons. The molecule has 1 aromatic heterocycles. The zero-order valence-electron chi connectivity index (χ0n) is 9.03. The maximum absolute atomic E-state index is 5.65. The van der Waals surface area contributed by atoms with Crippen LogP contribution < -0.4 is 11.1 Å². The molecule has 3 nitrogen and oxygen atoms in total. The van der Waals surface area contributed by atoms with Crippen molar-refractivity contribution < 1.29 is 0 Å². The van der Waals surface area contributed by atoms with Gasteiger partial charge in [-0.1, -0.05) is 36.1 Å². The van der Waals surface area contributed by atoms with Crippen molar-refractivity contribution in [3.05, 3.63) is 47.5 Å². The van der Waals surface area contributed by atoms with Crippen molar-refractivity contribution in [1.82, 2.24) is 4.98 Å². The molecule has 3 N–H and O–H groups in total. The lowest BCUT2D eigenvalue weighted by Gasteiger charge is -2.07. The minimum absolute atomic E-state index is 0.573. The molecule has 0 aliphatic carbocycles. The number of benzene rings is 1. The van der Waals surface area contributed by atoms with Crippen LogP contribution in [0.3, 0.4) is 0 Å². The molecule has 16 heavy (non-hydrogen) atoms. The number of aryl methyl sites for hydroxylation is 1. The van der Waals surface area contributed by atoms with E-state index in [1.54, 1.807) is 0 Å². The zero-order valence-corrected chi connectivity index (χ0v) is 9.84. The van der Waals surface area contributed by atoms with E-state index < -0.39 is 0 Å². The van der Waals surface area contributed by atoms with E-state index in [0.29, 0.717) is 5.13 Å². The predicted molar refractivity (Wildman–Crippen MR) is 70.4 cm³/mol. The Morgan fingerprint density at radius 2 is 2.06 bits per heavy atom. The molecule has 0 aliphatic rings. The number of nitrogens with zero attached hydrogens (tertiary/aromatic N) is 1. The number of para-hydroxylation sites is 1. The normalized spacial score (nSPS) is 10.1.